The van der Waals surface area contributed by atoms with E-state index in [-0.39, 0.29) is 17.4 Å². The fourth-order valence-electron chi connectivity index (χ4n) is 4.78. The Hall–Kier alpha value is -3.45. The molecule has 4 aromatic rings. The molecule has 5 rings (SSSR count). The number of hydrogen-bond donors (Lipinski definition) is 1. The van der Waals surface area contributed by atoms with Gasteiger partial charge in [0.05, 0.1) is 17.1 Å². The maximum absolute atomic E-state index is 13.5. The zero-order valence-corrected chi connectivity index (χ0v) is 20.8. The van der Waals surface area contributed by atoms with Crippen LogP contribution in [0.1, 0.15) is 30.4 Å². The Labute approximate surface area is 209 Å². The molecule has 0 aliphatic carbocycles. The lowest BCUT2D eigenvalue weighted by Crippen LogP contribution is -2.45. The number of benzene rings is 2. The second-order valence-electron chi connectivity index (χ2n) is 9.19. The Balaban J connectivity index is 1.34. The van der Waals surface area contributed by atoms with Crippen molar-refractivity contribution in [3.8, 4) is 5.69 Å². The van der Waals surface area contributed by atoms with Crippen LogP contribution in [0.4, 0.5) is 5.95 Å². The minimum atomic E-state index is -0.124. The van der Waals surface area contributed by atoms with Gasteiger partial charge in [-0.15, -0.1) is 11.3 Å². The topological polar surface area (TPSA) is 67.2 Å². The number of thiophene rings is 1. The van der Waals surface area contributed by atoms with Crippen molar-refractivity contribution in [3.63, 3.8) is 0 Å². The molecule has 1 amide bonds. The van der Waals surface area contributed by atoms with Gasteiger partial charge >= 0.3 is 0 Å². The summed E-state index contributed by atoms with van der Waals surface area (Å²) in [5.74, 6) is 0.582. The molecule has 3 heterocycles. The first-order valence-corrected chi connectivity index (χ1v) is 13.1. The summed E-state index contributed by atoms with van der Waals surface area (Å²) in [4.78, 5) is 33.5. The number of amides is 1. The Morgan fingerprint density at radius 1 is 1.14 bits per heavy atom. The predicted octanol–water partition coefficient (Wildman–Crippen LogP) is 4.72. The molecule has 180 valence electrons. The number of rotatable bonds is 7. The Kier molecular flexibility index (Phi) is 6.95. The van der Waals surface area contributed by atoms with Crippen LogP contribution in [0.2, 0.25) is 0 Å². The Morgan fingerprint density at radius 3 is 2.83 bits per heavy atom. The first-order chi connectivity index (χ1) is 17.1. The first-order valence-electron chi connectivity index (χ1n) is 12.2. The minimum Gasteiger partial charge on any atom is -0.356 e. The molecule has 2 aromatic carbocycles. The summed E-state index contributed by atoms with van der Waals surface area (Å²) < 4.78 is 2.37. The molecule has 0 bridgehead atoms. The lowest BCUT2D eigenvalue weighted by Gasteiger charge is -2.34. The van der Waals surface area contributed by atoms with Gasteiger partial charge in [0.15, 0.2) is 0 Å². The van der Waals surface area contributed by atoms with Crippen LogP contribution in [0.15, 0.2) is 70.8 Å². The molecule has 35 heavy (non-hydrogen) atoms. The third-order valence-corrected chi connectivity index (χ3v) is 7.47. The largest absolute Gasteiger partial charge is 0.356 e. The van der Waals surface area contributed by atoms with E-state index in [0.717, 1.165) is 43.5 Å². The highest BCUT2D eigenvalue weighted by Crippen LogP contribution is 2.27. The summed E-state index contributed by atoms with van der Waals surface area (Å²) >= 11 is 1.42. The number of carbonyl (C=O) groups is 1. The minimum absolute atomic E-state index is 0.0573. The lowest BCUT2D eigenvalue weighted by atomic mass is 9.97. The highest BCUT2D eigenvalue weighted by molar-refractivity contribution is 7.17. The van der Waals surface area contributed by atoms with Gasteiger partial charge in [0, 0.05) is 19.6 Å². The van der Waals surface area contributed by atoms with Crippen LogP contribution >= 0.6 is 11.3 Å². The molecular weight excluding hydrogens is 456 g/mol. The van der Waals surface area contributed by atoms with Gasteiger partial charge in [0.2, 0.25) is 11.9 Å². The third kappa shape index (κ3) is 5.15. The van der Waals surface area contributed by atoms with Gasteiger partial charge in [0.1, 0.15) is 4.70 Å². The molecule has 1 saturated heterocycles. The number of aryl methyl sites for hydroxylation is 2. The van der Waals surface area contributed by atoms with Crippen molar-refractivity contribution in [3.05, 3.63) is 87.5 Å². The number of nitrogens with zero attached hydrogens (tertiary/aromatic N) is 3. The zero-order valence-electron chi connectivity index (χ0n) is 19.9. The number of fused-ring (bicyclic) bond motifs is 1. The van der Waals surface area contributed by atoms with Crippen molar-refractivity contribution in [1.29, 1.82) is 0 Å². The van der Waals surface area contributed by atoms with Gasteiger partial charge in [-0.05, 0) is 67.3 Å². The van der Waals surface area contributed by atoms with E-state index in [9.17, 15) is 9.59 Å². The predicted molar refractivity (Wildman–Crippen MR) is 143 cm³/mol. The van der Waals surface area contributed by atoms with E-state index in [2.05, 4.69) is 22.3 Å². The molecule has 6 nitrogen and oxygen atoms in total. The molecule has 1 aliphatic heterocycles. The number of piperidine rings is 1. The maximum Gasteiger partial charge on any atom is 0.277 e. The van der Waals surface area contributed by atoms with Crippen molar-refractivity contribution < 1.29 is 4.79 Å². The van der Waals surface area contributed by atoms with E-state index in [4.69, 9.17) is 4.98 Å². The molecule has 1 N–H and O–H groups in total. The van der Waals surface area contributed by atoms with Gasteiger partial charge in [-0.25, -0.2) is 9.55 Å². The number of carbonyl (C=O) groups excluding carboxylic acids is 1. The summed E-state index contributed by atoms with van der Waals surface area (Å²) in [5, 5.41) is 5.04. The van der Waals surface area contributed by atoms with Crippen molar-refractivity contribution in [2.24, 2.45) is 5.92 Å². The standard InChI is InChI=1S/C28H30N4O2S/c1-20-8-5-13-23(18-20)32-27(34)25-24(14-17-35-25)30-28(32)31-16-7-12-22(19-31)26(33)29-15-6-11-21-9-3-2-4-10-21/h2-5,8-10,13-14,17-18,22H,6-7,11-12,15-16,19H2,1H3,(H,29,33)/t22-/m1/s1. The van der Waals surface area contributed by atoms with Crippen LogP contribution in [0.25, 0.3) is 15.9 Å². The number of nitrogens with one attached hydrogen (secondary N) is 1. The van der Waals surface area contributed by atoms with E-state index in [1.807, 2.05) is 60.8 Å². The fraction of sp³-hybridized carbons (Fsp3) is 0.321. The summed E-state index contributed by atoms with van der Waals surface area (Å²) in [7, 11) is 0. The normalized spacial score (nSPS) is 15.9. The molecule has 0 radical (unpaired) electrons. The second-order valence-corrected chi connectivity index (χ2v) is 10.1. The van der Waals surface area contributed by atoms with Crippen LogP contribution in [-0.2, 0) is 11.2 Å². The smallest absolute Gasteiger partial charge is 0.277 e. The third-order valence-electron chi connectivity index (χ3n) is 6.58. The molecule has 1 atom stereocenters. The monoisotopic (exact) mass is 486 g/mol. The molecule has 7 heteroatoms. The van der Waals surface area contributed by atoms with Crippen LogP contribution in [0.5, 0.6) is 0 Å². The van der Waals surface area contributed by atoms with Crippen LogP contribution in [0, 0.1) is 12.8 Å². The quantitative estimate of drug-likeness (QED) is 0.384. The van der Waals surface area contributed by atoms with Crippen molar-refractivity contribution in [2.45, 2.75) is 32.6 Å². The zero-order chi connectivity index (χ0) is 24.2. The SMILES string of the molecule is Cc1cccc(-n2c(N3CCC[C@@H](C(=O)NCCCc4ccccc4)C3)nc3ccsc3c2=O)c1. The average Bonchev–Trinajstić information content (AvgIpc) is 3.36. The number of anilines is 1. The molecule has 1 aliphatic rings. The summed E-state index contributed by atoms with van der Waals surface area (Å²) in [6.07, 6.45) is 3.59. The van der Waals surface area contributed by atoms with Crippen molar-refractivity contribution in [2.75, 3.05) is 24.5 Å². The molecular formula is C28H30N4O2S. The van der Waals surface area contributed by atoms with E-state index in [1.54, 1.807) is 4.57 Å². The highest BCUT2D eigenvalue weighted by Gasteiger charge is 2.29. The van der Waals surface area contributed by atoms with Gasteiger partial charge in [-0.1, -0.05) is 42.5 Å². The second kappa shape index (κ2) is 10.4. The number of hydrogen-bond acceptors (Lipinski definition) is 5. The Bertz CT molecular complexity index is 1380. The van der Waals surface area contributed by atoms with Gasteiger partial charge in [-0.2, -0.15) is 0 Å². The highest BCUT2D eigenvalue weighted by atomic mass is 32.1. The summed E-state index contributed by atoms with van der Waals surface area (Å²) in [5.41, 5.74) is 3.83. The van der Waals surface area contributed by atoms with E-state index in [1.165, 1.54) is 16.9 Å². The molecule has 2 aromatic heterocycles. The van der Waals surface area contributed by atoms with Crippen LogP contribution < -0.4 is 15.8 Å². The Morgan fingerprint density at radius 2 is 2.00 bits per heavy atom. The van der Waals surface area contributed by atoms with E-state index >= 15 is 0 Å². The molecule has 0 unspecified atom stereocenters. The van der Waals surface area contributed by atoms with Crippen molar-refractivity contribution >= 4 is 33.4 Å². The summed E-state index contributed by atoms with van der Waals surface area (Å²) in [6, 6.07) is 20.2. The van der Waals surface area contributed by atoms with Gasteiger partial charge in [0.25, 0.3) is 5.56 Å². The fourth-order valence-corrected chi connectivity index (χ4v) is 5.54. The maximum atomic E-state index is 13.5. The van der Waals surface area contributed by atoms with Gasteiger partial charge < -0.3 is 10.2 Å². The van der Waals surface area contributed by atoms with Crippen LogP contribution in [-0.4, -0.2) is 35.1 Å². The van der Waals surface area contributed by atoms with E-state index < -0.39 is 0 Å². The molecule has 1 fully saturated rings. The van der Waals surface area contributed by atoms with Crippen molar-refractivity contribution in [1.82, 2.24) is 14.9 Å². The van der Waals surface area contributed by atoms with Gasteiger partial charge in [-0.3, -0.25) is 9.59 Å². The number of aromatic nitrogens is 2. The molecule has 0 saturated carbocycles. The van der Waals surface area contributed by atoms with Crippen LogP contribution in [0.3, 0.4) is 0 Å². The average molecular weight is 487 g/mol. The lowest BCUT2D eigenvalue weighted by molar-refractivity contribution is -0.125. The first kappa shape index (κ1) is 23.3. The van der Waals surface area contributed by atoms with E-state index in [0.29, 0.717) is 29.3 Å². The summed E-state index contributed by atoms with van der Waals surface area (Å²) in [6.45, 7) is 4.01. The molecule has 0 spiro atoms.